The fraction of sp³-hybridized carbons (Fsp3) is 0.556. The van der Waals surface area contributed by atoms with Gasteiger partial charge in [-0.1, -0.05) is 5.21 Å². The lowest BCUT2D eigenvalue weighted by Gasteiger charge is -2.11. The highest BCUT2D eigenvalue weighted by atomic mass is 16.5. The van der Waals surface area contributed by atoms with Crippen LogP contribution >= 0.6 is 0 Å². The average molecular weight is 257 g/mol. The van der Waals surface area contributed by atoms with E-state index >= 15 is 0 Å². The number of aromatic nitrogens is 3. The largest absolute Gasteiger partial charge is 0.479 e. The highest BCUT2D eigenvalue weighted by Crippen LogP contribution is 1.92. The number of aliphatic carboxylic acids is 1. The van der Waals surface area contributed by atoms with Crippen molar-refractivity contribution in [1.29, 1.82) is 0 Å². The van der Waals surface area contributed by atoms with Gasteiger partial charge in [0.2, 0.25) is 5.91 Å². The number of amides is 1. The smallest absolute Gasteiger partial charge is 0.334 e. The average Bonchev–Trinajstić information content (AvgIpc) is 2.77. The molecule has 0 spiro atoms. The molecule has 1 aromatic heterocycles. The molecule has 9 nitrogen and oxygen atoms in total. The van der Waals surface area contributed by atoms with Crippen LogP contribution in [0.25, 0.3) is 0 Å². The van der Waals surface area contributed by atoms with Gasteiger partial charge in [-0.15, -0.1) is 5.10 Å². The number of hydrogen-bond acceptors (Lipinski definition) is 6. The molecule has 1 atom stereocenters. The molecular formula is C9H15N5O4. The maximum Gasteiger partial charge on any atom is 0.334 e. The summed E-state index contributed by atoms with van der Waals surface area (Å²) in [6, 6.07) is 0. The number of methoxy groups -OCH3 is 1. The van der Waals surface area contributed by atoms with Crippen LogP contribution in [-0.4, -0.2) is 51.7 Å². The third kappa shape index (κ3) is 4.11. The van der Waals surface area contributed by atoms with E-state index in [9.17, 15) is 9.59 Å². The summed E-state index contributed by atoms with van der Waals surface area (Å²) in [6.07, 6.45) is 0.481. The Morgan fingerprint density at radius 3 is 2.89 bits per heavy atom. The predicted octanol–water partition coefficient (Wildman–Crippen LogP) is -2.05. The number of nitrogens with two attached hydrogens (primary N) is 1. The van der Waals surface area contributed by atoms with Crippen LogP contribution in [0, 0.1) is 0 Å². The van der Waals surface area contributed by atoms with Crippen molar-refractivity contribution in [3.05, 3.63) is 11.9 Å². The normalized spacial score (nSPS) is 12.1. The molecule has 0 saturated heterocycles. The molecule has 0 aliphatic rings. The summed E-state index contributed by atoms with van der Waals surface area (Å²) < 4.78 is 5.99. The van der Waals surface area contributed by atoms with Crippen LogP contribution in [0.3, 0.4) is 0 Å². The minimum Gasteiger partial charge on any atom is -0.479 e. The van der Waals surface area contributed by atoms with Crippen molar-refractivity contribution in [2.24, 2.45) is 5.73 Å². The first-order valence-corrected chi connectivity index (χ1v) is 5.18. The summed E-state index contributed by atoms with van der Waals surface area (Å²) in [6.45, 7) is 0.0819. The van der Waals surface area contributed by atoms with Crippen molar-refractivity contribution >= 4 is 11.9 Å². The molecule has 4 N–H and O–H groups in total. The van der Waals surface area contributed by atoms with Crippen molar-refractivity contribution in [1.82, 2.24) is 20.3 Å². The van der Waals surface area contributed by atoms with Gasteiger partial charge in [-0.05, 0) is 0 Å². The van der Waals surface area contributed by atoms with E-state index < -0.39 is 12.1 Å². The van der Waals surface area contributed by atoms with Crippen molar-refractivity contribution < 1.29 is 19.4 Å². The van der Waals surface area contributed by atoms with Crippen LogP contribution in [0.5, 0.6) is 0 Å². The second-order valence-electron chi connectivity index (χ2n) is 3.48. The van der Waals surface area contributed by atoms with Crippen LogP contribution in [0.1, 0.15) is 5.69 Å². The molecule has 0 aliphatic carbocycles. The van der Waals surface area contributed by atoms with Gasteiger partial charge in [0.1, 0.15) is 6.54 Å². The fourth-order valence-electron chi connectivity index (χ4n) is 1.19. The number of hydrogen-bond donors (Lipinski definition) is 3. The van der Waals surface area contributed by atoms with E-state index in [1.807, 2.05) is 0 Å². The minimum absolute atomic E-state index is 0.0525. The molecule has 0 radical (unpaired) electrons. The molecule has 9 heteroatoms. The molecule has 0 aliphatic heterocycles. The highest BCUT2D eigenvalue weighted by molar-refractivity contribution is 5.77. The highest BCUT2D eigenvalue weighted by Gasteiger charge is 2.17. The molecule has 0 saturated carbocycles. The Morgan fingerprint density at radius 1 is 1.67 bits per heavy atom. The van der Waals surface area contributed by atoms with Gasteiger partial charge in [0.15, 0.2) is 6.10 Å². The van der Waals surface area contributed by atoms with Gasteiger partial charge in [-0.3, -0.25) is 4.79 Å². The number of rotatable bonds is 7. The first-order valence-electron chi connectivity index (χ1n) is 5.18. The number of carbonyl (C=O) groups is 2. The third-order valence-electron chi connectivity index (χ3n) is 2.15. The summed E-state index contributed by atoms with van der Waals surface area (Å²) >= 11 is 0. The lowest BCUT2D eigenvalue weighted by Crippen LogP contribution is -2.39. The quantitative estimate of drug-likeness (QED) is 0.512. The van der Waals surface area contributed by atoms with Crippen molar-refractivity contribution in [2.45, 2.75) is 19.2 Å². The Morgan fingerprint density at radius 2 is 2.39 bits per heavy atom. The van der Waals surface area contributed by atoms with Crippen LogP contribution in [0.4, 0.5) is 0 Å². The molecule has 1 heterocycles. The minimum atomic E-state index is -1.14. The van der Waals surface area contributed by atoms with E-state index in [4.69, 9.17) is 10.8 Å². The number of nitrogens with zero attached hydrogens (tertiary/aromatic N) is 3. The standard InChI is InChI=1S/C9H15N5O4/c1-18-7(9(16)17)3-11-8(15)5-14-4-6(2-10)12-13-14/h4,7H,2-3,5,10H2,1H3,(H,11,15)(H,16,17). The fourth-order valence-corrected chi connectivity index (χ4v) is 1.19. The van der Waals surface area contributed by atoms with Crippen molar-refractivity contribution in [3.63, 3.8) is 0 Å². The number of carbonyl (C=O) groups excluding carboxylic acids is 1. The van der Waals surface area contributed by atoms with Crippen LogP contribution in [0.15, 0.2) is 6.20 Å². The Labute approximate surface area is 103 Å². The zero-order chi connectivity index (χ0) is 13.5. The van der Waals surface area contributed by atoms with Gasteiger partial charge >= 0.3 is 5.97 Å². The molecule has 0 aromatic carbocycles. The first kappa shape index (κ1) is 14.1. The van der Waals surface area contributed by atoms with Gasteiger partial charge < -0.3 is 20.9 Å². The molecule has 18 heavy (non-hydrogen) atoms. The van der Waals surface area contributed by atoms with Gasteiger partial charge in [-0.25, -0.2) is 9.48 Å². The molecule has 0 fully saturated rings. The second-order valence-corrected chi connectivity index (χ2v) is 3.48. The number of ether oxygens (including phenoxy) is 1. The number of carboxylic acids is 1. The first-order chi connectivity index (χ1) is 8.56. The predicted molar refractivity (Wildman–Crippen MR) is 59.4 cm³/mol. The molecule has 1 aromatic rings. The summed E-state index contributed by atoms with van der Waals surface area (Å²) in [5.74, 6) is -1.52. The third-order valence-corrected chi connectivity index (χ3v) is 2.15. The number of carboxylic acid groups (broad SMARTS) is 1. The molecular weight excluding hydrogens is 242 g/mol. The summed E-state index contributed by atoms with van der Waals surface area (Å²) in [4.78, 5) is 22.1. The lowest BCUT2D eigenvalue weighted by molar-refractivity contribution is -0.148. The zero-order valence-corrected chi connectivity index (χ0v) is 9.87. The lowest BCUT2D eigenvalue weighted by atomic mass is 10.3. The van der Waals surface area contributed by atoms with E-state index in [1.165, 1.54) is 11.8 Å². The second kappa shape index (κ2) is 6.67. The Bertz CT molecular complexity index is 419. The van der Waals surface area contributed by atoms with E-state index in [1.54, 1.807) is 6.20 Å². The summed E-state index contributed by atoms with van der Waals surface area (Å²) in [7, 11) is 1.26. The van der Waals surface area contributed by atoms with Crippen molar-refractivity contribution in [2.75, 3.05) is 13.7 Å². The number of nitrogens with one attached hydrogen (secondary N) is 1. The Kier molecular flexibility index (Phi) is 5.21. The SMILES string of the molecule is COC(CNC(=O)Cn1cc(CN)nn1)C(=O)O. The topological polar surface area (TPSA) is 132 Å². The van der Waals surface area contributed by atoms with E-state index in [2.05, 4.69) is 20.4 Å². The molecule has 1 rings (SSSR count). The maximum absolute atomic E-state index is 11.5. The van der Waals surface area contributed by atoms with Crippen LogP contribution in [-0.2, 0) is 27.4 Å². The Hall–Kier alpha value is -2.00. The maximum atomic E-state index is 11.5. The molecule has 0 bridgehead atoms. The van der Waals surface area contributed by atoms with Crippen LogP contribution in [0.2, 0.25) is 0 Å². The summed E-state index contributed by atoms with van der Waals surface area (Å²) in [5.41, 5.74) is 5.92. The van der Waals surface area contributed by atoms with E-state index in [-0.39, 0.29) is 25.5 Å². The monoisotopic (exact) mass is 257 g/mol. The van der Waals surface area contributed by atoms with Gasteiger partial charge in [-0.2, -0.15) is 0 Å². The Balaban J connectivity index is 2.39. The zero-order valence-electron chi connectivity index (χ0n) is 9.87. The molecule has 1 unspecified atom stereocenters. The van der Waals surface area contributed by atoms with Gasteiger partial charge in [0.25, 0.3) is 0 Å². The van der Waals surface area contributed by atoms with Crippen molar-refractivity contribution in [3.8, 4) is 0 Å². The molecule has 100 valence electrons. The van der Waals surface area contributed by atoms with E-state index in [0.29, 0.717) is 5.69 Å². The van der Waals surface area contributed by atoms with Gasteiger partial charge in [0, 0.05) is 13.7 Å². The summed E-state index contributed by atoms with van der Waals surface area (Å²) in [5, 5.41) is 18.5. The van der Waals surface area contributed by atoms with E-state index in [0.717, 1.165) is 0 Å². The van der Waals surface area contributed by atoms with Crippen LogP contribution < -0.4 is 11.1 Å². The van der Waals surface area contributed by atoms with Gasteiger partial charge in [0.05, 0.1) is 18.4 Å². The molecule has 1 amide bonds.